The van der Waals surface area contributed by atoms with Crippen molar-refractivity contribution in [3.05, 3.63) is 47.5 Å². The number of anilines is 2. The van der Waals surface area contributed by atoms with Crippen LogP contribution >= 0.6 is 11.3 Å². The third kappa shape index (κ3) is 3.87. The van der Waals surface area contributed by atoms with Crippen molar-refractivity contribution >= 4 is 33.2 Å². The number of thiophene rings is 1. The third-order valence-electron chi connectivity index (χ3n) is 5.85. The predicted octanol–water partition coefficient (Wildman–Crippen LogP) is 6.26. The fraction of sp³-hybridized carbons (Fsp3) is 0.348. The van der Waals surface area contributed by atoms with E-state index in [-0.39, 0.29) is 5.82 Å². The highest BCUT2D eigenvalue weighted by Gasteiger charge is 2.19. The van der Waals surface area contributed by atoms with Crippen LogP contribution in [0.1, 0.15) is 43.0 Å². The van der Waals surface area contributed by atoms with Gasteiger partial charge in [-0.25, -0.2) is 14.4 Å². The lowest BCUT2D eigenvalue weighted by atomic mass is 9.96. The van der Waals surface area contributed by atoms with E-state index < -0.39 is 0 Å². The average molecular weight is 438 g/mol. The van der Waals surface area contributed by atoms with Crippen LogP contribution < -0.4 is 10.1 Å². The molecule has 8 heteroatoms. The molecule has 0 unspecified atom stereocenters. The summed E-state index contributed by atoms with van der Waals surface area (Å²) in [5.41, 5.74) is 3.46. The number of hydrogen-bond donors (Lipinski definition) is 1. The Balaban J connectivity index is 1.48. The van der Waals surface area contributed by atoms with Crippen LogP contribution in [0.2, 0.25) is 0 Å². The van der Waals surface area contributed by atoms with Crippen molar-refractivity contribution in [1.82, 2.24) is 19.7 Å². The second-order valence-electron chi connectivity index (χ2n) is 7.91. The molecule has 6 nitrogen and oxygen atoms in total. The van der Waals surface area contributed by atoms with Gasteiger partial charge in [0.05, 0.1) is 41.4 Å². The van der Waals surface area contributed by atoms with Crippen molar-refractivity contribution in [3.8, 4) is 16.9 Å². The highest BCUT2D eigenvalue weighted by atomic mass is 32.1. The lowest BCUT2D eigenvalue weighted by Crippen LogP contribution is -2.12. The van der Waals surface area contributed by atoms with Crippen molar-refractivity contribution in [3.63, 3.8) is 0 Å². The van der Waals surface area contributed by atoms with Crippen LogP contribution in [0.15, 0.2) is 36.8 Å². The smallest absolute Gasteiger partial charge is 0.227 e. The SMILES string of the molecule is COc1cc(F)ccc1-c1c(C)sc2cnc(Nc3cnn(C4CCCCC4)c3)nc12. The molecule has 3 aromatic heterocycles. The Bertz CT molecular complexity index is 1230. The summed E-state index contributed by atoms with van der Waals surface area (Å²) in [6.07, 6.45) is 11.9. The molecule has 0 atom stereocenters. The molecule has 0 radical (unpaired) electrons. The number of nitrogens with zero attached hydrogens (tertiary/aromatic N) is 4. The second-order valence-corrected chi connectivity index (χ2v) is 9.17. The van der Waals surface area contributed by atoms with Gasteiger partial charge < -0.3 is 10.1 Å². The van der Waals surface area contributed by atoms with E-state index in [1.807, 2.05) is 25.5 Å². The standard InChI is InChI=1S/C23H24FN5OS/c1-14-21(18-9-8-15(24)10-19(18)30-2)22-20(31-14)12-25-23(28-22)27-16-11-26-29(13-16)17-6-4-3-5-7-17/h8-13,17H,3-7H2,1-2H3,(H,25,27,28). The summed E-state index contributed by atoms with van der Waals surface area (Å²) in [6, 6.07) is 5.07. The zero-order chi connectivity index (χ0) is 21.4. The Morgan fingerprint density at radius 2 is 2.03 bits per heavy atom. The number of nitrogens with one attached hydrogen (secondary N) is 1. The molecule has 160 valence electrons. The second kappa shape index (κ2) is 8.26. The molecule has 0 bridgehead atoms. The van der Waals surface area contributed by atoms with Crippen molar-refractivity contribution in [2.24, 2.45) is 0 Å². The Morgan fingerprint density at radius 1 is 1.19 bits per heavy atom. The highest BCUT2D eigenvalue weighted by Crippen LogP contribution is 2.41. The Hall–Kier alpha value is -3.00. The maximum absolute atomic E-state index is 13.7. The summed E-state index contributed by atoms with van der Waals surface area (Å²) in [7, 11) is 1.55. The van der Waals surface area contributed by atoms with E-state index in [0.29, 0.717) is 17.7 Å². The molecule has 1 aromatic carbocycles. The first kappa shape index (κ1) is 19.9. The van der Waals surface area contributed by atoms with Crippen LogP contribution in [0.25, 0.3) is 21.3 Å². The molecule has 1 aliphatic rings. The first-order chi connectivity index (χ1) is 15.1. The van der Waals surface area contributed by atoms with Crippen molar-refractivity contribution in [2.75, 3.05) is 12.4 Å². The van der Waals surface area contributed by atoms with E-state index in [0.717, 1.165) is 31.9 Å². The third-order valence-corrected chi connectivity index (χ3v) is 6.88. The van der Waals surface area contributed by atoms with Gasteiger partial charge in [-0.2, -0.15) is 5.10 Å². The van der Waals surface area contributed by atoms with Crippen LogP contribution in [0, 0.1) is 12.7 Å². The molecule has 5 rings (SSSR count). The summed E-state index contributed by atoms with van der Waals surface area (Å²) in [4.78, 5) is 10.4. The average Bonchev–Trinajstić information content (AvgIpc) is 3.38. The van der Waals surface area contributed by atoms with E-state index in [9.17, 15) is 4.39 Å². The summed E-state index contributed by atoms with van der Waals surface area (Å²) >= 11 is 1.62. The molecular weight excluding hydrogens is 413 g/mol. The number of aryl methyl sites for hydroxylation is 1. The van der Waals surface area contributed by atoms with E-state index in [1.165, 1.54) is 44.2 Å². The van der Waals surface area contributed by atoms with Gasteiger partial charge in [-0.15, -0.1) is 11.3 Å². The van der Waals surface area contributed by atoms with Crippen LogP contribution in [0.3, 0.4) is 0 Å². The largest absolute Gasteiger partial charge is 0.496 e. The van der Waals surface area contributed by atoms with Crippen LogP contribution in [0.4, 0.5) is 16.0 Å². The fourth-order valence-corrected chi connectivity index (χ4v) is 5.32. The Kier molecular flexibility index (Phi) is 5.31. The summed E-state index contributed by atoms with van der Waals surface area (Å²) in [5.74, 6) is 0.672. The zero-order valence-electron chi connectivity index (χ0n) is 17.6. The van der Waals surface area contributed by atoms with Crippen molar-refractivity contribution in [1.29, 1.82) is 0 Å². The molecule has 0 amide bonds. The normalized spacial score (nSPS) is 14.8. The van der Waals surface area contributed by atoms with Crippen molar-refractivity contribution in [2.45, 2.75) is 45.1 Å². The fourth-order valence-electron chi connectivity index (χ4n) is 4.33. The number of fused-ring (bicyclic) bond motifs is 1. The zero-order valence-corrected chi connectivity index (χ0v) is 18.4. The summed E-state index contributed by atoms with van der Waals surface area (Å²) < 4.78 is 22.2. The van der Waals surface area contributed by atoms with Crippen molar-refractivity contribution < 1.29 is 9.13 Å². The van der Waals surface area contributed by atoms with Crippen LogP contribution in [-0.2, 0) is 0 Å². The van der Waals surface area contributed by atoms with Gasteiger partial charge in [-0.05, 0) is 31.9 Å². The Labute approximate surface area is 184 Å². The number of ether oxygens (including phenoxy) is 1. The molecular formula is C23H24FN5OS. The number of halogens is 1. The number of benzene rings is 1. The van der Waals surface area contributed by atoms with Gasteiger partial charge in [0.15, 0.2) is 0 Å². The minimum Gasteiger partial charge on any atom is -0.496 e. The highest BCUT2D eigenvalue weighted by molar-refractivity contribution is 7.19. The van der Waals surface area contributed by atoms with Gasteiger partial charge >= 0.3 is 0 Å². The van der Waals surface area contributed by atoms with E-state index in [4.69, 9.17) is 9.72 Å². The van der Waals surface area contributed by atoms with E-state index in [2.05, 4.69) is 20.1 Å². The predicted molar refractivity (Wildman–Crippen MR) is 122 cm³/mol. The molecule has 0 spiro atoms. The van der Waals surface area contributed by atoms with Gasteiger partial charge in [0.1, 0.15) is 11.6 Å². The lowest BCUT2D eigenvalue weighted by Gasteiger charge is -2.21. The van der Waals surface area contributed by atoms with E-state index >= 15 is 0 Å². The first-order valence-corrected chi connectivity index (χ1v) is 11.4. The van der Waals surface area contributed by atoms with Gasteiger partial charge in [0.25, 0.3) is 0 Å². The van der Waals surface area contributed by atoms with Crippen LogP contribution in [-0.4, -0.2) is 26.9 Å². The number of rotatable bonds is 5. The molecule has 1 aliphatic carbocycles. The minimum atomic E-state index is -0.329. The van der Waals surface area contributed by atoms with Gasteiger partial charge in [-0.3, -0.25) is 4.68 Å². The molecule has 1 saturated carbocycles. The van der Waals surface area contributed by atoms with Crippen LogP contribution in [0.5, 0.6) is 5.75 Å². The maximum Gasteiger partial charge on any atom is 0.227 e. The monoisotopic (exact) mass is 437 g/mol. The maximum atomic E-state index is 13.7. The molecule has 31 heavy (non-hydrogen) atoms. The number of hydrogen-bond acceptors (Lipinski definition) is 6. The molecule has 0 aliphatic heterocycles. The number of methoxy groups -OCH3 is 1. The first-order valence-electron chi connectivity index (χ1n) is 10.5. The molecule has 1 N–H and O–H groups in total. The van der Waals surface area contributed by atoms with Gasteiger partial charge in [0, 0.05) is 28.3 Å². The molecule has 0 saturated heterocycles. The summed E-state index contributed by atoms with van der Waals surface area (Å²) in [6.45, 7) is 2.03. The van der Waals surface area contributed by atoms with Gasteiger partial charge in [0.2, 0.25) is 5.95 Å². The molecule has 4 aromatic rings. The quantitative estimate of drug-likeness (QED) is 0.399. The van der Waals surface area contributed by atoms with E-state index in [1.54, 1.807) is 24.5 Å². The molecule has 1 fully saturated rings. The minimum absolute atomic E-state index is 0.329. The topological polar surface area (TPSA) is 64.9 Å². The Morgan fingerprint density at radius 3 is 2.84 bits per heavy atom. The number of aromatic nitrogens is 4. The molecule has 3 heterocycles. The van der Waals surface area contributed by atoms with Gasteiger partial charge in [-0.1, -0.05) is 19.3 Å². The summed E-state index contributed by atoms with van der Waals surface area (Å²) in [5, 5.41) is 7.84. The lowest BCUT2D eigenvalue weighted by molar-refractivity contribution is 0.329.